The first-order chi connectivity index (χ1) is 11.7. The first kappa shape index (κ1) is 17.6. The Balaban J connectivity index is 1.69. The highest BCUT2D eigenvalue weighted by molar-refractivity contribution is 5.43. The van der Waals surface area contributed by atoms with Crippen LogP contribution in [0.3, 0.4) is 0 Å². The van der Waals surface area contributed by atoms with Crippen LogP contribution in [0.1, 0.15) is 44.6 Å². The largest absolute Gasteiger partial charge is 0.493 e. The van der Waals surface area contributed by atoms with Gasteiger partial charge >= 0.3 is 0 Å². The van der Waals surface area contributed by atoms with E-state index in [0.717, 1.165) is 24.6 Å². The van der Waals surface area contributed by atoms with E-state index < -0.39 is 0 Å². The molecule has 1 saturated heterocycles. The molecule has 2 atom stereocenters. The molecule has 0 amide bonds. The van der Waals surface area contributed by atoms with Crippen molar-refractivity contribution in [1.82, 2.24) is 4.90 Å². The van der Waals surface area contributed by atoms with Crippen LogP contribution >= 0.6 is 0 Å². The molecule has 1 aliphatic heterocycles. The molecule has 0 aromatic heterocycles. The minimum Gasteiger partial charge on any atom is -0.493 e. The highest BCUT2D eigenvalue weighted by Gasteiger charge is 2.45. The van der Waals surface area contributed by atoms with Gasteiger partial charge in [0.15, 0.2) is 11.5 Å². The molecule has 1 aromatic rings. The van der Waals surface area contributed by atoms with Gasteiger partial charge in [-0.2, -0.15) is 0 Å². The molecule has 2 fully saturated rings. The second-order valence-corrected chi connectivity index (χ2v) is 7.21. The van der Waals surface area contributed by atoms with E-state index >= 15 is 0 Å². The summed E-state index contributed by atoms with van der Waals surface area (Å²) in [6.07, 6.45) is 6.87. The number of nitrogens with zero attached hydrogens (tertiary/aromatic N) is 1. The first-order valence-corrected chi connectivity index (χ1v) is 9.25. The van der Waals surface area contributed by atoms with Crippen LogP contribution < -0.4 is 9.47 Å². The van der Waals surface area contributed by atoms with Crippen molar-refractivity contribution in [2.24, 2.45) is 5.41 Å². The molecule has 134 valence electrons. The van der Waals surface area contributed by atoms with E-state index in [1.807, 2.05) is 20.1 Å². The van der Waals surface area contributed by atoms with Gasteiger partial charge in [0.1, 0.15) is 0 Å². The number of ether oxygens (including phenoxy) is 3. The molecule has 0 radical (unpaired) electrons. The normalized spacial score (nSPS) is 27.5. The van der Waals surface area contributed by atoms with E-state index in [1.54, 1.807) is 7.11 Å². The van der Waals surface area contributed by atoms with Crippen molar-refractivity contribution in [3.05, 3.63) is 23.8 Å². The van der Waals surface area contributed by atoms with Crippen molar-refractivity contribution >= 4 is 0 Å². The number of hydrogen-bond acceptors (Lipinski definition) is 4. The van der Waals surface area contributed by atoms with Crippen LogP contribution in [-0.4, -0.2) is 44.9 Å². The summed E-state index contributed by atoms with van der Waals surface area (Å²) in [4.78, 5) is 2.59. The molecule has 0 N–H and O–H groups in total. The van der Waals surface area contributed by atoms with Crippen molar-refractivity contribution < 1.29 is 14.2 Å². The van der Waals surface area contributed by atoms with Crippen LogP contribution in [0.5, 0.6) is 11.5 Å². The molecular formula is C20H31NO3. The summed E-state index contributed by atoms with van der Waals surface area (Å²) >= 11 is 0. The third-order valence-corrected chi connectivity index (χ3v) is 5.73. The fourth-order valence-electron chi connectivity index (χ4n) is 4.68. The second kappa shape index (κ2) is 7.75. The molecule has 0 bridgehead atoms. The van der Waals surface area contributed by atoms with Gasteiger partial charge in [0.25, 0.3) is 0 Å². The number of benzene rings is 1. The Morgan fingerprint density at radius 1 is 1.17 bits per heavy atom. The fourth-order valence-corrected chi connectivity index (χ4v) is 4.68. The molecule has 1 aromatic carbocycles. The first-order valence-electron chi connectivity index (χ1n) is 9.25. The number of piperidine rings is 1. The minimum absolute atomic E-state index is 0.377. The van der Waals surface area contributed by atoms with Crippen molar-refractivity contribution in [2.75, 3.05) is 33.9 Å². The summed E-state index contributed by atoms with van der Waals surface area (Å²) < 4.78 is 16.9. The van der Waals surface area contributed by atoms with Crippen LogP contribution in [0, 0.1) is 5.41 Å². The monoisotopic (exact) mass is 333 g/mol. The van der Waals surface area contributed by atoms with Gasteiger partial charge in [-0.25, -0.2) is 0 Å². The molecule has 1 spiro atoms. The van der Waals surface area contributed by atoms with Crippen LogP contribution in [0.4, 0.5) is 0 Å². The van der Waals surface area contributed by atoms with E-state index in [1.165, 1.54) is 44.2 Å². The Labute approximate surface area is 146 Å². The quantitative estimate of drug-likeness (QED) is 0.790. The van der Waals surface area contributed by atoms with Crippen molar-refractivity contribution in [2.45, 2.75) is 51.7 Å². The predicted octanol–water partition coefficient (Wildman–Crippen LogP) is 3.88. The van der Waals surface area contributed by atoms with Gasteiger partial charge in [0, 0.05) is 25.6 Å². The van der Waals surface area contributed by atoms with Crippen LogP contribution in [0.25, 0.3) is 0 Å². The van der Waals surface area contributed by atoms with Gasteiger partial charge in [-0.15, -0.1) is 0 Å². The third-order valence-electron chi connectivity index (χ3n) is 5.73. The maximum Gasteiger partial charge on any atom is 0.161 e. The summed E-state index contributed by atoms with van der Waals surface area (Å²) in [5.74, 6) is 1.66. The second-order valence-electron chi connectivity index (χ2n) is 7.21. The summed E-state index contributed by atoms with van der Waals surface area (Å²) in [6.45, 7) is 5.95. The van der Waals surface area contributed by atoms with Crippen LogP contribution in [-0.2, 0) is 11.3 Å². The lowest BCUT2D eigenvalue weighted by Crippen LogP contribution is -2.47. The Bertz CT molecular complexity index is 548. The van der Waals surface area contributed by atoms with Gasteiger partial charge in [0.2, 0.25) is 0 Å². The summed E-state index contributed by atoms with van der Waals surface area (Å²) in [5, 5.41) is 0. The Morgan fingerprint density at radius 3 is 2.75 bits per heavy atom. The Kier molecular flexibility index (Phi) is 5.67. The molecule has 2 aliphatic rings. The molecule has 1 aliphatic carbocycles. The van der Waals surface area contributed by atoms with Crippen LogP contribution in [0.2, 0.25) is 0 Å². The topological polar surface area (TPSA) is 30.9 Å². The van der Waals surface area contributed by atoms with E-state index in [9.17, 15) is 0 Å². The van der Waals surface area contributed by atoms with Gasteiger partial charge in [-0.3, -0.25) is 4.90 Å². The minimum atomic E-state index is 0.377. The molecule has 3 rings (SSSR count). The van der Waals surface area contributed by atoms with Crippen molar-refractivity contribution in [3.63, 3.8) is 0 Å². The van der Waals surface area contributed by atoms with E-state index in [-0.39, 0.29) is 0 Å². The van der Waals surface area contributed by atoms with Crippen molar-refractivity contribution in [3.8, 4) is 11.5 Å². The Morgan fingerprint density at radius 2 is 2.00 bits per heavy atom. The maximum atomic E-state index is 5.82. The zero-order chi connectivity index (χ0) is 17.0. The molecule has 0 unspecified atom stereocenters. The van der Waals surface area contributed by atoms with E-state index in [0.29, 0.717) is 18.1 Å². The molecule has 24 heavy (non-hydrogen) atoms. The highest BCUT2D eigenvalue weighted by atomic mass is 16.5. The average Bonchev–Trinajstić information content (AvgIpc) is 2.98. The molecule has 1 heterocycles. The van der Waals surface area contributed by atoms with Crippen LogP contribution in [0.15, 0.2) is 18.2 Å². The fraction of sp³-hybridized carbons (Fsp3) is 0.700. The zero-order valence-corrected chi connectivity index (χ0v) is 15.3. The SMILES string of the molecule is CCOc1ccc(CN2CCC[C@]3(CCC[C@H]3OC)C2)cc1OC. The maximum absolute atomic E-state index is 5.82. The summed E-state index contributed by atoms with van der Waals surface area (Å²) in [6, 6.07) is 6.32. The summed E-state index contributed by atoms with van der Waals surface area (Å²) in [5.41, 5.74) is 1.67. The number of rotatable bonds is 6. The number of hydrogen-bond donors (Lipinski definition) is 0. The lowest BCUT2D eigenvalue weighted by atomic mass is 9.76. The standard InChI is InChI=1S/C20H31NO3/c1-4-24-17-9-8-16(13-18(17)22-2)14-21-12-6-11-20(15-21)10-5-7-19(20)23-3/h8-9,13,19H,4-7,10-12,14-15H2,1-3H3/t19-,20-/m1/s1. The Hall–Kier alpha value is -1.26. The smallest absolute Gasteiger partial charge is 0.161 e. The lowest BCUT2D eigenvalue weighted by Gasteiger charge is -2.43. The highest BCUT2D eigenvalue weighted by Crippen LogP contribution is 2.46. The van der Waals surface area contributed by atoms with Gasteiger partial charge in [0.05, 0.1) is 19.8 Å². The summed E-state index contributed by atoms with van der Waals surface area (Å²) in [7, 11) is 3.59. The molecule has 4 heteroatoms. The van der Waals surface area contributed by atoms with Gasteiger partial charge in [-0.05, 0) is 56.8 Å². The molecular weight excluding hydrogens is 302 g/mol. The van der Waals surface area contributed by atoms with Gasteiger partial charge in [-0.1, -0.05) is 12.5 Å². The molecule has 4 nitrogen and oxygen atoms in total. The lowest BCUT2D eigenvalue weighted by molar-refractivity contribution is -0.0366. The predicted molar refractivity (Wildman–Crippen MR) is 95.8 cm³/mol. The van der Waals surface area contributed by atoms with Crippen molar-refractivity contribution in [1.29, 1.82) is 0 Å². The average molecular weight is 333 g/mol. The zero-order valence-electron chi connectivity index (χ0n) is 15.3. The number of likely N-dealkylation sites (tertiary alicyclic amines) is 1. The van der Waals surface area contributed by atoms with E-state index in [2.05, 4.69) is 17.0 Å². The third kappa shape index (κ3) is 3.55. The molecule has 1 saturated carbocycles. The number of methoxy groups -OCH3 is 2. The van der Waals surface area contributed by atoms with Gasteiger partial charge < -0.3 is 14.2 Å². The van der Waals surface area contributed by atoms with E-state index in [4.69, 9.17) is 14.2 Å².